The zero-order valence-corrected chi connectivity index (χ0v) is 8.08. The van der Waals surface area contributed by atoms with Gasteiger partial charge in [0, 0.05) is 5.38 Å². The van der Waals surface area contributed by atoms with Crippen molar-refractivity contribution in [2.24, 2.45) is 0 Å². The smallest absolute Gasteiger partial charge is 0.0928 e. The molecular formula is C9H15NS. The van der Waals surface area contributed by atoms with E-state index in [1.807, 2.05) is 0 Å². The Morgan fingerprint density at radius 2 is 2.27 bits per heavy atom. The average molecular weight is 169 g/mol. The topological polar surface area (TPSA) is 12.9 Å². The predicted molar refractivity (Wildman–Crippen MR) is 50.1 cm³/mol. The van der Waals surface area contributed by atoms with Crippen molar-refractivity contribution in [1.82, 2.24) is 4.98 Å². The van der Waals surface area contributed by atoms with E-state index < -0.39 is 0 Å². The molecule has 0 amide bonds. The summed E-state index contributed by atoms with van der Waals surface area (Å²) in [6.45, 7) is 4.37. The molecule has 1 heterocycles. The minimum atomic E-state index is 1.07. The highest BCUT2D eigenvalue weighted by atomic mass is 32.1. The Morgan fingerprint density at radius 1 is 1.45 bits per heavy atom. The minimum absolute atomic E-state index is 1.07. The fraction of sp³-hybridized carbons (Fsp3) is 0.667. The van der Waals surface area contributed by atoms with Gasteiger partial charge < -0.3 is 0 Å². The maximum atomic E-state index is 4.48. The molecule has 0 saturated heterocycles. The van der Waals surface area contributed by atoms with Crippen LogP contribution < -0.4 is 0 Å². The molecular weight excluding hydrogens is 154 g/mol. The molecule has 0 fully saturated rings. The van der Waals surface area contributed by atoms with E-state index in [1.165, 1.54) is 30.0 Å². The molecule has 0 radical (unpaired) electrons. The van der Waals surface area contributed by atoms with Crippen LogP contribution in [0.4, 0.5) is 0 Å². The molecule has 0 atom stereocenters. The Labute approximate surface area is 72.5 Å². The second kappa shape index (κ2) is 4.50. The third kappa shape index (κ3) is 2.62. The maximum Gasteiger partial charge on any atom is 0.0928 e. The highest BCUT2D eigenvalue weighted by Gasteiger charge is 1.98. The van der Waals surface area contributed by atoms with Crippen LogP contribution in [0.2, 0.25) is 0 Å². The molecule has 62 valence electrons. The van der Waals surface area contributed by atoms with Gasteiger partial charge >= 0.3 is 0 Å². The first-order valence-corrected chi connectivity index (χ1v) is 5.18. The average Bonchev–Trinajstić information content (AvgIpc) is 2.48. The van der Waals surface area contributed by atoms with Crippen LogP contribution in [0.15, 0.2) is 5.38 Å². The minimum Gasteiger partial charge on any atom is -0.246 e. The van der Waals surface area contributed by atoms with E-state index in [2.05, 4.69) is 24.2 Å². The lowest BCUT2D eigenvalue weighted by Gasteiger charge is -1.90. The van der Waals surface area contributed by atoms with E-state index >= 15 is 0 Å². The van der Waals surface area contributed by atoms with Crippen LogP contribution in [0, 0.1) is 0 Å². The summed E-state index contributed by atoms with van der Waals surface area (Å²) in [4.78, 5) is 4.48. The van der Waals surface area contributed by atoms with Gasteiger partial charge in [0.25, 0.3) is 0 Å². The van der Waals surface area contributed by atoms with Crippen LogP contribution in [-0.2, 0) is 12.8 Å². The third-order valence-corrected chi connectivity index (χ3v) is 2.66. The molecule has 0 saturated carbocycles. The van der Waals surface area contributed by atoms with Crippen molar-refractivity contribution >= 4 is 11.3 Å². The molecule has 11 heavy (non-hydrogen) atoms. The molecule has 1 aromatic heterocycles. The lowest BCUT2D eigenvalue weighted by molar-refractivity contribution is 0.786. The van der Waals surface area contributed by atoms with Crippen LogP contribution in [0.5, 0.6) is 0 Å². The first-order valence-electron chi connectivity index (χ1n) is 4.30. The van der Waals surface area contributed by atoms with Crippen LogP contribution in [0.3, 0.4) is 0 Å². The summed E-state index contributed by atoms with van der Waals surface area (Å²) in [5.41, 5.74) is 1.25. The number of hydrogen-bond acceptors (Lipinski definition) is 2. The highest BCUT2D eigenvalue weighted by Crippen LogP contribution is 2.12. The van der Waals surface area contributed by atoms with Gasteiger partial charge in [-0.2, -0.15) is 0 Å². The fourth-order valence-electron chi connectivity index (χ4n) is 0.954. The van der Waals surface area contributed by atoms with Gasteiger partial charge in [-0.25, -0.2) is 4.98 Å². The molecule has 0 aromatic carbocycles. The zero-order valence-electron chi connectivity index (χ0n) is 7.26. The van der Waals surface area contributed by atoms with Gasteiger partial charge in [0.05, 0.1) is 10.7 Å². The Kier molecular flexibility index (Phi) is 3.57. The van der Waals surface area contributed by atoms with Crippen molar-refractivity contribution in [3.63, 3.8) is 0 Å². The van der Waals surface area contributed by atoms with Gasteiger partial charge in [0.1, 0.15) is 0 Å². The van der Waals surface area contributed by atoms with Gasteiger partial charge in [0.15, 0.2) is 0 Å². The molecule has 1 aromatic rings. The van der Waals surface area contributed by atoms with Crippen LogP contribution >= 0.6 is 11.3 Å². The van der Waals surface area contributed by atoms with Crippen molar-refractivity contribution in [3.05, 3.63) is 16.1 Å². The van der Waals surface area contributed by atoms with Crippen molar-refractivity contribution in [2.75, 3.05) is 0 Å². The number of aryl methyl sites for hydroxylation is 2. The molecule has 0 aliphatic heterocycles. The molecule has 2 heteroatoms. The summed E-state index contributed by atoms with van der Waals surface area (Å²) < 4.78 is 0. The van der Waals surface area contributed by atoms with Crippen LogP contribution in [0.1, 0.15) is 37.4 Å². The number of hydrogen-bond donors (Lipinski definition) is 0. The lowest BCUT2D eigenvalue weighted by Crippen LogP contribution is -1.84. The summed E-state index contributed by atoms with van der Waals surface area (Å²) in [5.74, 6) is 0. The number of thiazole rings is 1. The summed E-state index contributed by atoms with van der Waals surface area (Å²) in [7, 11) is 0. The van der Waals surface area contributed by atoms with Gasteiger partial charge in [0.2, 0.25) is 0 Å². The molecule has 0 N–H and O–H groups in total. The quantitative estimate of drug-likeness (QED) is 0.675. The van der Waals surface area contributed by atoms with E-state index in [0.29, 0.717) is 0 Å². The molecule has 1 rings (SSSR count). The fourth-order valence-corrected chi connectivity index (χ4v) is 1.88. The van der Waals surface area contributed by atoms with Gasteiger partial charge in [-0.15, -0.1) is 11.3 Å². The van der Waals surface area contributed by atoms with Gasteiger partial charge in [-0.1, -0.05) is 20.3 Å². The monoisotopic (exact) mass is 169 g/mol. The summed E-state index contributed by atoms with van der Waals surface area (Å²) in [6.07, 6.45) is 4.78. The predicted octanol–water partition coefficient (Wildman–Crippen LogP) is 3.05. The second-order valence-corrected chi connectivity index (χ2v) is 3.63. The Morgan fingerprint density at radius 3 is 2.82 bits per heavy atom. The van der Waals surface area contributed by atoms with Gasteiger partial charge in [-0.05, 0) is 19.3 Å². The first kappa shape index (κ1) is 8.72. The van der Waals surface area contributed by atoms with Crippen molar-refractivity contribution in [1.29, 1.82) is 0 Å². The number of aromatic nitrogens is 1. The van der Waals surface area contributed by atoms with Gasteiger partial charge in [-0.3, -0.25) is 0 Å². The van der Waals surface area contributed by atoms with E-state index in [9.17, 15) is 0 Å². The van der Waals surface area contributed by atoms with Crippen molar-refractivity contribution in [3.8, 4) is 0 Å². The Bertz CT molecular complexity index is 205. The number of rotatable bonds is 4. The largest absolute Gasteiger partial charge is 0.246 e. The van der Waals surface area contributed by atoms with E-state index in [-0.39, 0.29) is 0 Å². The normalized spacial score (nSPS) is 10.4. The lowest BCUT2D eigenvalue weighted by atomic mass is 10.3. The molecule has 0 aliphatic rings. The summed E-state index contributed by atoms with van der Waals surface area (Å²) in [6, 6.07) is 0. The maximum absolute atomic E-state index is 4.48. The first-order chi connectivity index (χ1) is 5.36. The summed E-state index contributed by atoms with van der Waals surface area (Å²) >= 11 is 1.80. The molecule has 0 unspecified atom stereocenters. The molecule has 0 bridgehead atoms. The van der Waals surface area contributed by atoms with E-state index in [0.717, 1.165) is 6.42 Å². The number of unbranched alkanes of at least 4 members (excludes halogenated alkanes) is 1. The van der Waals surface area contributed by atoms with E-state index in [1.54, 1.807) is 11.3 Å². The standard InChI is InChI=1S/C9H15NS/c1-3-5-6-9-10-8(4-2)7-11-9/h7H,3-6H2,1-2H3. The molecule has 0 spiro atoms. The SMILES string of the molecule is CCCCc1nc(CC)cs1. The summed E-state index contributed by atoms with van der Waals surface area (Å²) in [5, 5.41) is 3.48. The molecule has 0 aliphatic carbocycles. The van der Waals surface area contributed by atoms with Crippen LogP contribution in [-0.4, -0.2) is 4.98 Å². The van der Waals surface area contributed by atoms with E-state index in [4.69, 9.17) is 0 Å². The van der Waals surface area contributed by atoms with Crippen molar-refractivity contribution < 1.29 is 0 Å². The Hall–Kier alpha value is -0.370. The number of nitrogens with zero attached hydrogens (tertiary/aromatic N) is 1. The Balaban J connectivity index is 2.44. The molecule has 1 nitrogen and oxygen atoms in total. The van der Waals surface area contributed by atoms with Crippen molar-refractivity contribution in [2.45, 2.75) is 39.5 Å². The van der Waals surface area contributed by atoms with Crippen LogP contribution in [0.25, 0.3) is 0 Å². The highest BCUT2D eigenvalue weighted by molar-refractivity contribution is 7.09. The second-order valence-electron chi connectivity index (χ2n) is 2.69. The zero-order chi connectivity index (χ0) is 8.10. The third-order valence-electron chi connectivity index (χ3n) is 1.71.